The van der Waals surface area contributed by atoms with Crippen molar-refractivity contribution in [2.24, 2.45) is 10.4 Å². The molecule has 1 aliphatic carbocycles. The minimum atomic E-state index is 0.599. The molecule has 0 bridgehead atoms. The lowest BCUT2D eigenvalue weighted by Crippen LogP contribution is -2.42. The fraction of sp³-hybridized carbons (Fsp3) is 0.588. The normalized spacial score (nSPS) is 20.5. The van der Waals surface area contributed by atoms with Gasteiger partial charge in [-0.3, -0.25) is 4.99 Å². The highest BCUT2D eigenvalue weighted by atomic mass is 16.5. The summed E-state index contributed by atoms with van der Waals surface area (Å²) >= 11 is 0. The highest BCUT2D eigenvalue weighted by Gasteiger charge is 2.43. The second-order valence-corrected chi connectivity index (χ2v) is 6.24. The summed E-state index contributed by atoms with van der Waals surface area (Å²) in [5.41, 5.74) is 1.76. The fourth-order valence-electron chi connectivity index (χ4n) is 3.56. The van der Waals surface area contributed by atoms with Gasteiger partial charge in [-0.25, -0.2) is 0 Å². The van der Waals surface area contributed by atoms with E-state index in [1.165, 1.54) is 37.8 Å². The molecule has 0 radical (unpaired) electrons. The van der Waals surface area contributed by atoms with Crippen LogP contribution in [0.4, 0.5) is 0 Å². The van der Waals surface area contributed by atoms with E-state index in [4.69, 9.17) is 4.74 Å². The molecule has 0 atom stereocenters. The van der Waals surface area contributed by atoms with Crippen molar-refractivity contribution in [3.8, 4) is 5.75 Å². The third-order valence-corrected chi connectivity index (χ3v) is 4.99. The summed E-state index contributed by atoms with van der Waals surface area (Å²) in [5.74, 6) is 1.95. The summed E-state index contributed by atoms with van der Waals surface area (Å²) in [7, 11) is 3.59. The molecular formula is C17H25N3O. The van der Waals surface area contributed by atoms with Gasteiger partial charge in [-0.15, -0.1) is 0 Å². The molecule has 21 heavy (non-hydrogen) atoms. The Morgan fingerprint density at radius 1 is 1.33 bits per heavy atom. The summed E-state index contributed by atoms with van der Waals surface area (Å²) in [6.07, 6.45) is 5.52. The fourth-order valence-corrected chi connectivity index (χ4v) is 3.56. The molecule has 3 rings (SSSR count). The molecule has 1 heterocycles. The number of hydrogen-bond acceptors (Lipinski definition) is 2. The number of nitrogens with zero attached hydrogens (tertiary/aromatic N) is 2. The number of hydrogen-bond donors (Lipinski definition) is 1. The van der Waals surface area contributed by atoms with Crippen LogP contribution in [0.3, 0.4) is 0 Å². The van der Waals surface area contributed by atoms with Crippen LogP contribution < -0.4 is 10.1 Å². The smallest absolute Gasteiger partial charge is 0.193 e. The Balaban J connectivity index is 1.60. The van der Waals surface area contributed by atoms with Crippen LogP contribution in [0.15, 0.2) is 29.3 Å². The van der Waals surface area contributed by atoms with Crippen LogP contribution >= 0.6 is 0 Å². The average Bonchev–Trinajstić information content (AvgIpc) is 2.94. The number of likely N-dealkylation sites (tertiary alicyclic amines) is 1. The summed E-state index contributed by atoms with van der Waals surface area (Å²) in [5, 5.41) is 3.48. The van der Waals surface area contributed by atoms with E-state index >= 15 is 0 Å². The van der Waals surface area contributed by atoms with E-state index in [0.717, 1.165) is 24.8 Å². The van der Waals surface area contributed by atoms with Gasteiger partial charge >= 0.3 is 0 Å². The average molecular weight is 287 g/mol. The molecule has 2 fully saturated rings. The number of para-hydroxylation sites is 1. The molecule has 4 nitrogen and oxygen atoms in total. The van der Waals surface area contributed by atoms with Crippen molar-refractivity contribution in [2.45, 2.75) is 32.2 Å². The van der Waals surface area contributed by atoms with Gasteiger partial charge in [0.05, 0.1) is 7.11 Å². The molecule has 1 aliphatic heterocycles. The predicted molar refractivity (Wildman–Crippen MR) is 85.7 cm³/mol. The molecule has 2 aliphatic rings. The molecule has 114 valence electrons. The second kappa shape index (κ2) is 5.96. The lowest BCUT2D eigenvalue weighted by molar-refractivity contribution is 0.151. The lowest BCUT2D eigenvalue weighted by Gasteiger charge is -2.38. The van der Waals surface area contributed by atoms with Gasteiger partial charge < -0.3 is 15.0 Å². The Bertz CT molecular complexity index is 523. The van der Waals surface area contributed by atoms with Crippen molar-refractivity contribution < 1.29 is 4.74 Å². The van der Waals surface area contributed by atoms with Crippen molar-refractivity contribution in [3.05, 3.63) is 29.8 Å². The summed E-state index contributed by atoms with van der Waals surface area (Å²) in [6.45, 7) is 3.05. The van der Waals surface area contributed by atoms with Gasteiger partial charge in [-0.2, -0.15) is 0 Å². The monoisotopic (exact) mass is 287 g/mol. The number of nitrogens with one attached hydrogen (secondary N) is 1. The standard InChI is InChI=1S/C17H25N3O/c1-18-16(20-11-10-17(13-20)8-5-9-17)19-12-14-6-3-4-7-15(14)21-2/h3-4,6-7H,5,8-13H2,1-2H3,(H,18,19). The molecule has 0 amide bonds. The maximum Gasteiger partial charge on any atom is 0.193 e. The Labute approximate surface area is 127 Å². The summed E-state index contributed by atoms with van der Waals surface area (Å²) in [4.78, 5) is 6.87. The van der Waals surface area contributed by atoms with Crippen molar-refractivity contribution in [2.75, 3.05) is 27.2 Å². The number of ether oxygens (including phenoxy) is 1. The van der Waals surface area contributed by atoms with Crippen LogP contribution in [0.25, 0.3) is 0 Å². The third kappa shape index (κ3) is 2.85. The minimum absolute atomic E-state index is 0.599. The Morgan fingerprint density at radius 2 is 2.14 bits per heavy atom. The third-order valence-electron chi connectivity index (χ3n) is 4.99. The van der Waals surface area contributed by atoms with Gasteiger partial charge in [0, 0.05) is 32.2 Å². The Kier molecular flexibility index (Phi) is 4.04. The van der Waals surface area contributed by atoms with Crippen LogP contribution in [-0.4, -0.2) is 38.1 Å². The lowest BCUT2D eigenvalue weighted by atomic mass is 9.68. The SMILES string of the molecule is CN=C(NCc1ccccc1OC)N1CCC2(CCC2)C1. The summed E-state index contributed by atoms with van der Waals surface area (Å²) < 4.78 is 5.40. The van der Waals surface area contributed by atoms with Crippen molar-refractivity contribution in [3.63, 3.8) is 0 Å². The van der Waals surface area contributed by atoms with Crippen molar-refractivity contribution in [1.29, 1.82) is 0 Å². The van der Waals surface area contributed by atoms with Crippen LogP contribution in [0.5, 0.6) is 5.75 Å². The highest BCUT2D eigenvalue weighted by Crippen LogP contribution is 2.47. The molecular weight excluding hydrogens is 262 g/mol. The topological polar surface area (TPSA) is 36.9 Å². The molecule has 4 heteroatoms. The molecule has 0 unspecified atom stereocenters. The largest absolute Gasteiger partial charge is 0.496 e. The molecule has 1 N–H and O–H groups in total. The van der Waals surface area contributed by atoms with Gasteiger partial charge in [-0.1, -0.05) is 24.6 Å². The number of guanidine groups is 1. The first kappa shape index (κ1) is 14.2. The predicted octanol–water partition coefficient (Wildman–Crippen LogP) is 2.65. The number of benzene rings is 1. The zero-order valence-corrected chi connectivity index (χ0v) is 13.1. The van der Waals surface area contributed by atoms with E-state index in [1.54, 1.807) is 7.11 Å². The van der Waals surface area contributed by atoms with Crippen molar-refractivity contribution in [1.82, 2.24) is 10.2 Å². The van der Waals surface area contributed by atoms with Gasteiger partial charge in [0.1, 0.15) is 5.75 Å². The first-order chi connectivity index (χ1) is 10.3. The zero-order chi connectivity index (χ0) is 14.7. The number of aliphatic imine (C=N–C) groups is 1. The van der Waals surface area contributed by atoms with Crippen LogP contribution in [0.2, 0.25) is 0 Å². The first-order valence-electron chi connectivity index (χ1n) is 7.84. The quantitative estimate of drug-likeness (QED) is 0.686. The van der Waals surface area contributed by atoms with E-state index in [1.807, 2.05) is 25.2 Å². The molecule has 1 saturated heterocycles. The maximum atomic E-state index is 5.40. The Hall–Kier alpha value is -1.71. The minimum Gasteiger partial charge on any atom is -0.496 e. The second-order valence-electron chi connectivity index (χ2n) is 6.24. The van der Waals surface area contributed by atoms with E-state index in [9.17, 15) is 0 Å². The van der Waals surface area contributed by atoms with E-state index in [-0.39, 0.29) is 0 Å². The van der Waals surface area contributed by atoms with Crippen LogP contribution in [0, 0.1) is 5.41 Å². The van der Waals surface area contributed by atoms with Crippen molar-refractivity contribution >= 4 is 5.96 Å². The van der Waals surface area contributed by atoms with Gasteiger partial charge in [-0.05, 0) is 30.7 Å². The molecule has 1 spiro atoms. The molecule has 1 saturated carbocycles. The Morgan fingerprint density at radius 3 is 2.76 bits per heavy atom. The van der Waals surface area contributed by atoms with E-state index < -0.39 is 0 Å². The molecule has 1 aromatic carbocycles. The highest BCUT2D eigenvalue weighted by molar-refractivity contribution is 5.80. The zero-order valence-electron chi connectivity index (χ0n) is 13.1. The van der Waals surface area contributed by atoms with E-state index in [2.05, 4.69) is 21.3 Å². The van der Waals surface area contributed by atoms with Crippen LogP contribution in [-0.2, 0) is 6.54 Å². The number of methoxy groups -OCH3 is 1. The first-order valence-corrected chi connectivity index (χ1v) is 7.84. The van der Waals surface area contributed by atoms with Gasteiger partial charge in [0.15, 0.2) is 5.96 Å². The van der Waals surface area contributed by atoms with Crippen LogP contribution in [0.1, 0.15) is 31.2 Å². The summed E-state index contributed by atoms with van der Waals surface area (Å²) in [6, 6.07) is 8.13. The van der Waals surface area contributed by atoms with Gasteiger partial charge in [0.25, 0.3) is 0 Å². The number of rotatable bonds is 3. The maximum absolute atomic E-state index is 5.40. The van der Waals surface area contributed by atoms with Gasteiger partial charge in [0.2, 0.25) is 0 Å². The molecule has 1 aromatic rings. The van der Waals surface area contributed by atoms with E-state index in [0.29, 0.717) is 5.41 Å². The molecule has 0 aromatic heterocycles.